The van der Waals surface area contributed by atoms with Gasteiger partial charge >= 0.3 is 11.9 Å². The lowest BCUT2D eigenvalue weighted by molar-refractivity contribution is -0.141. The highest BCUT2D eigenvalue weighted by Crippen LogP contribution is 2.35. The van der Waals surface area contributed by atoms with E-state index in [1.54, 1.807) is 12.1 Å². The summed E-state index contributed by atoms with van der Waals surface area (Å²) < 4.78 is 20.7. The predicted octanol–water partition coefficient (Wildman–Crippen LogP) is 2.19. The van der Waals surface area contributed by atoms with Crippen LogP contribution in [-0.4, -0.2) is 39.4 Å². The van der Waals surface area contributed by atoms with Crippen LogP contribution < -0.4 is 9.47 Å². The molecular formula is C13H15BrO6. The van der Waals surface area contributed by atoms with E-state index in [-0.39, 0.29) is 24.5 Å². The zero-order chi connectivity index (χ0) is 15.1. The molecular weight excluding hydrogens is 332 g/mol. The van der Waals surface area contributed by atoms with Crippen LogP contribution in [0.15, 0.2) is 16.6 Å². The molecule has 0 heterocycles. The number of hydrogen-bond donors (Lipinski definition) is 0. The largest absolute Gasteiger partial charge is 0.493 e. The minimum Gasteiger partial charge on any atom is -0.493 e. The number of carbonyl (C=O) groups excluding carboxylic acids is 2. The van der Waals surface area contributed by atoms with E-state index >= 15 is 0 Å². The number of hydrogen-bond acceptors (Lipinski definition) is 6. The second-order valence-electron chi connectivity index (χ2n) is 3.66. The van der Waals surface area contributed by atoms with Crippen molar-refractivity contribution in [2.45, 2.75) is 6.92 Å². The fourth-order valence-corrected chi connectivity index (χ4v) is 1.90. The van der Waals surface area contributed by atoms with Crippen LogP contribution >= 0.6 is 15.9 Å². The van der Waals surface area contributed by atoms with E-state index in [4.69, 9.17) is 18.9 Å². The van der Waals surface area contributed by atoms with Gasteiger partial charge in [-0.15, -0.1) is 0 Å². The Labute approximate surface area is 125 Å². The predicted molar refractivity (Wildman–Crippen MR) is 74.2 cm³/mol. The summed E-state index contributed by atoms with van der Waals surface area (Å²) in [6.07, 6.45) is 0. The number of rotatable bonds is 6. The standard InChI is InChI=1S/C13H15BrO6/c1-8(15)19-4-5-20-12-10(13(16)18-3)6-9(14)7-11(12)17-2/h6-7H,4-5H2,1-3H3. The summed E-state index contributed by atoms with van der Waals surface area (Å²) in [5.74, 6) is -0.325. The molecule has 0 saturated heterocycles. The minimum atomic E-state index is -0.549. The van der Waals surface area contributed by atoms with E-state index in [2.05, 4.69) is 15.9 Å². The summed E-state index contributed by atoms with van der Waals surface area (Å²) in [5, 5.41) is 0. The average molecular weight is 347 g/mol. The molecule has 1 aromatic rings. The van der Waals surface area contributed by atoms with Gasteiger partial charge in [0, 0.05) is 11.4 Å². The molecule has 110 valence electrons. The summed E-state index contributed by atoms with van der Waals surface area (Å²) >= 11 is 3.27. The number of esters is 2. The normalized spacial score (nSPS) is 9.80. The second-order valence-corrected chi connectivity index (χ2v) is 4.58. The molecule has 0 spiro atoms. The molecule has 0 radical (unpaired) electrons. The van der Waals surface area contributed by atoms with E-state index in [0.717, 1.165) is 0 Å². The fraction of sp³-hybridized carbons (Fsp3) is 0.385. The summed E-state index contributed by atoms with van der Waals surface area (Å²) in [7, 11) is 2.74. The van der Waals surface area contributed by atoms with Gasteiger partial charge in [0.15, 0.2) is 11.5 Å². The molecule has 0 aromatic heterocycles. The van der Waals surface area contributed by atoms with Gasteiger partial charge in [0.2, 0.25) is 0 Å². The molecule has 0 aliphatic heterocycles. The van der Waals surface area contributed by atoms with Gasteiger partial charge in [-0.1, -0.05) is 15.9 Å². The molecule has 0 N–H and O–H groups in total. The van der Waals surface area contributed by atoms with Gasteiger partial charge in [-0.25, -0.2) is 4.79 Å². The first-order chi connectivity index (χ1) is 9.49. The van der Waals surface area contributed by atoms with Crippen molar-refractivity contribution in [3.05, 3.63) is 22.2 Å². The molecule has 0 fully saturated rings. The minimum absolute atomic E-state index is 0.0785. The Hall–Kier alpha value is -1.76. The quantitative estimate of drug-likeness (QED) is 0.580. The van der Waals surface area contributed by atoms with Crippen molar-refractivity contribution in [3.63, 3.8) is 0 Å². The maximum absolute atomic E-state index is 11.7. The van der Waals surface area contributed by atoms with E-state index in [1.807, 2.05) is 0 Å². The number of halogens is 1. The van der Waals surface area contributed by atoms with Crippen LogP contribution in [0.4, 0.5) is 0 Å². The van der Waals surface area contributed by atoms with Gasteiger partial charge < -0.3 is 18.9 Å². The average Bonchev–Trinajstić information content (AvgIpc) is 2.42. The van der Waals surface area contributed by atoms with Crippen molar-refractivity contribution >= 4 is 27.9 Å². The molecule has 0 amide bonds. The lowest BCUT2D eigenvalue weighted by Crippen LogP contribution is -2.13. The van der Waals surface area contributed by atoms with Crippen molar-refractivity contribution in [1.29, 1.82) is 0 Å². The fourth-order valence-electron chi connectivity index (χ4n) is 1.46. The molecule has 1 aromatic carbocycles. The maximum Gasteiger partial charge on any atom is 0.341 e. The van der Waals surface area contributed by atoms with Crippen LogP contribution in [0.3, 0.4) is 0 Å². The Kier molecular flexibility index (Phi) is 6.30. The van der Waals surface area contributed by atoms with Crippen LogP contribution in [0.1, 0.15) is 17.3 Å². The number of benzene rings is 1. The van der Waals surface area contributed by atoms with Crippen LogP contribution in [0.25, 0.3) is 0 Å². The highest BCUT2D eigenvalue weighted by atomic mass is 79.9. The maximum atomic E-state index is 11.7. The highest BCUT2D eigenvalue weighted by Gasteiger charge is 2.19. The van der Waals surface area contributed by atoms with Crippen molar-refractivity contribution in [1.82, 2.24) is 0 Å². The smallest absolute Gasteiger partial charge is 0.341 e. The summed E-state index contributed by atoms with van der Waals surface area (Å²) in [4.78, 5) is 22.4. The van der Waals surface area contributed by atoms with Crippen LogP contribution in [0, 0.1) is 0 Å². The van der Waals surface area contributed by atoms with Crippen molar-refractivity contribution < 1.29 is 28.5 Å². The highest BCUT2D eigenvalue weighted by molar-refractivity contribution is 9.10. The van der Waals surface area contributed by atoms with Crippen LogP contribution in [-0.2, 0) is 14.3 Å². The lowest BCUT2D eigenvalue weighted by Gasteiger charge is -2.14. The Balaban J connectivity index is 2.95. The van der Waals surface area contributed by atoms with Crippen LogP contribution in [0.2, 0.25) is 0 Å². The van der Waals surface area contributed by atoms with Gasteiger partial charge in [0.25, 0.3) is 0 Å². The van der Waals surface area contributed by atoms with E-state index in [9.17, 15) is 9.59 Å². The molecule has 6 nitrogen and oxygen atoms in total. The molecule has 0 aliphatic carbocycles. The van der Waals surface area contributed by atoms with Crippen LogP contribution in [0.5, 0.6) is 11.5 Å². The van der Waals surface area contributed by atoms with E-state index in [0.29, 0.717) is 10.2 Å². The van der Waals surface area contributed by atoms with Crippen molar-refractivity contribution in [2.75, 3.05) is 27.4 Å². The second kappa shape index (κ2) is 7.74. The van der Waals surface area contributed by atoms with Gasteiger partial charge in [-0.2, -0.15) is 0 Å². The van der Waals surface area contributed by atoms with Gasteiger partial charge in [-0.05, 0) is 12.1 Å². The van der Waals surface area contributed by atoms with Crippen molar-refractivity contribution in [2.24, 2.45) is 0 Å². The lowest BCUT2D eigenvalue weighted by atomic mass is 10.2. The van der Waals surface area contributed by atoms with E-state index in [1.165, 1.54) is 21.1 Å². The molecule has 0 atom stereocenters. The first kappa shape index (κ1) is 16.3. The summed E-state index contributed by atoms with van der Waals surface area (Å²) in [6, 6.07) is 3.23. The Morgan fingerprint density at radius 2 is 1.90 bits per heavy atom. The van der Waals surface area contributed by atoms with Gasteiger partial charge in [0.1, 0.15) is 18.8 Å². The summed E-state index contributed by atoms with van der Waals surface area (Å²) in [6.45, 7) is 1.48. The molecule has 20 heavy (non-hydrogen) atoms. The van der Waals surface area contributed by atoms with Gasteiger partial charge in [-0.3, -0.25) is 4.79 Å². The first-order valence-corrected chi connectivity index (χ1v) is 6.51. The topological polar surface area (TPSA) is 71.1 Å². The Morgan fingerprint density at radius 3 is 2.45 bits per heavy atom. The SMILES string of the molecule is COC(=O)c1cc(Br)cc(OC)c1OCCOC(C)=O. The molecule has 1 rings (SSSR count). The van der Waals surface area contributed by atoms with Gasteiger partial charge in [0.05, 0.1) is 14.2 Å². The zero-order valence-electron chi connectivity index (χ0n) is 11.4. The molecule has 7 heteroatoms. The first-order valence-electron chi connectivity index (χ1n) is 5.71. The molecule has 0 bridgehead atoms. The third kappa shape index (κ3) is 4.41. The van der Waals surface area contributed by atoms with Crippen molar-refractivity contribution in [3.8, 4) is 11.5 Å². The zero-order valence-corrected chi connectivity index (χ0v) is 13.0. The number of carbonyl (C=O) groups is 2. The molecule has 0 aliphatic rings. The Morgan fingerprint density at radius 1 is 1.20 bits per heavy atom. The number of ether oxygens (including phenoxy) is 4. The Bertz CT molecular complexity index is 500. The molecule has 0 saturated carbocycles. The molecule has 0 unspecified atom stereocenters. The third-order valence-electron chi connectivity index (χ3n) is 2.28. The monoisotopic (exact) mass is 346 g/mol. The summed E-state index contributed by atoms with van der Waals surface area (Å²) in [5.41, 5.74) is 0.224. The third-order valence-corrected chi connectivity index (χ3v) is 2.74. The van der Waals surface area contributed by atoms with E-state index < -0.39 is 11.9 Å². The number of methoxy groups -OCH3 is 2.